The van der Waals surface area contributed by atoms with Crippen molar-refractivity contribution in [3.8, 4) is 22.3 Å². The lowest BCUT2D eigenvalue weighted by atomic mass is 10.0. The Labute approximate surface area is 191 Å². The molecule has 0 saturated heterocycles. The third-order valence-corrected chi connectivity index (χ3v) is 6.73. The minimum Gasteiger partial charge on any atom is -0.399 e. The maximum absolute atomic E-state index is 12.8. The van der Waals surface area contributed by atoms with Gasteiger partial charge < -0.3 is 10.7 Å². The van der Waals surface area contributed by atoms with Gasteiger partial charge in [0.1, 0.15) is 5.65 Å². The number of hydrogen-bond acceptors (Lipinski definition) is 5. The van der Waals surface area contributed by atoms with Gasteiger partial charge in [-0.25, -0.2) is 13.4 Å². The van der Waals surface area contributed by atoms with Crippen molar-refractivity contribution in [1.82, 2.24) is 15.0 Å². The van der Waals surface area contributed by atoms with Crippen molar-refractivity contribution in [3.63, 3.8) is 0 Å². The number of rotatable bonds is 5. The predicted octanol–water partition coefficient (Wildman–Crippen LogP) is 4.98. The first-order valence-electron chi connectivity index (χ1n) is 10.3. The quantitative estimate of drug-likeness (QED) is 0.323. The van der Waals surface area contributed by atoms with E-state index in [0.717, 1.165) is 39.0 Å². The molecule has 0 spiro atoms. The fourth-order valence-corrected chi connectivity index (χ4v) is 4.87. The molecule has 4 N–H and O–H groups in total. The van der Waals surface area contributed by atoms with Crippen LogP contribution in [0.3, 0.4) is 0 Å². The van der Waals surface area contributed by atoms with Crippen LogP contribution in [0.15, 0.2) is 90.2 Å². The number of aromatic amines is 1. The van der Waals surface area contributed by atoms with Crippen molar-refractivity contribution in [2.45, 2.75) is 11.8 Å². The van der Waals surface area contributed by atoms with E-state index in [0.29, 0.717) is 11.4 Å². The maximum atomic E-state index is 12.8. The second-order valence-electron chi connectivity index (χ2n) is 7.77. The molecule has 7 nitrogen and oxygen atoms in total. The number of nitrogen functional groups attached to an aromatic ring is 1. The van der Waals surface area contributed by atoms with Crippen LogP contribution in [0.4, 0.5) is 11.4 Å². The highest BCUT2D eigenvalue weighted by molar-refractivity contribution is 7.92. The van der Waals surface area contributed by atoms with E-state index in [9.17, 15) is 8.42 Å². The van der Waals surface area contributed by atoms with Gasteiger partial charge in [-0.2, -0.15) is 0 Å². The molecule has 5 aromatic rings. The zero-order valence-electron chi connectivity index (χ0n) is 17.8. The fourth-order valence-electron chi connectivity index (χ4n) is 3.80. The normalized spacial score (nSPS) is 11.5. The van der Waals surface area contributed by atoms with Crippen LogP contribution in [0.5, 0.6) is 0 Å². The molecule has 3 heterocycles. The Hall–Kier alpha value is -4.17. The fraction of sp³-hybridized carbons (Fsp3) is 0.0400. The SMILES string of the molecule is Cc1cc(-c2c[nH]c3ncc(-c4cc(N)cc(NS(=O)(=O)c5ccccc5)c4)cc23)ccn1. The molecular weight excluding hydrogens is 434 g/mol. The highest BCUT2D eigenvalue weighted by Crippen LogP contribution is 2.33. The highest BCUT2D eigenvalue weighted by atomic mass is 32.2. The van der Waals surface area contributed by atoms with Crippen LogP contribution in [0.2, 0.25) is 0 Å². The number of nitrogens with zero attached hydrogens (tertiary/aromatic N) is 2. The third kappa shape index (κ3) is 4.16. The molecule has 3 aromatic heterocycles. The molecule has 0 unspecified atom stereocenters. The standard InChI is InChI=1S/C25H21N5O2S/c1-16-9-17(7-8-27-16)24-15-29-25-23(24)12-19(14-28-25)18-10-20(26)13-21(11-18)30-33(31,32)22-5-3-2-4-6-22/h2-15,30H,26H2,1H3,(H,28,29). The molecule has 33 heavy (non-hydrogen) atoms. The summed E-state index contributed by atoms with van der Waals surface area (Å²) in [5.41, 5.74) is 12.3. The van der Waals surface area contributed by atoms with Crippen molar-refractivity contribution in [3.05, 3.63) is 91.0 Å². The van der Waals surface area contributed by atoms with Crippen LogP contribution in [-0.4, -0.2) is 23.4 Å². The van der Waals surface area contributed by atoms with Crippen molar-refractivity contribution in [2.75, 3.05) is 10.5 Å². The highest BCUT2D eigenvalue weighted by Gasteiger charge is 2.15. The number of aromatic nitrogens is 3. The van der Waals surface area contributed by atoms with E-state index in [1.807, 2.05) is 31.3 Å². The Morgan fingerprint density at radius 1 is 0.909 bits per heavy atom. The van der Waals surface area contributed by atoms with Crippen LogP contribution in [0.1, 0.15) is 5.69 Å². The largest absolute Gasteiger partial charge is 0.399 e. The summed E-state index contributed by atoms with van der Waals surface area (Å²) < 4.78 is 28.1. The number of nitrogens with one attached hydrogen (secondary N) is 2. The lowest BCUT2D eigenvalue weighted by Crippen LogP contribution is -2.13. The lowest BCUT2D eigenvalue weighted by molar-refractivity contribution is 0.601. The topological polar surface area (TPSA) is 114 Å². The second kappa shape index (κ2) is 8.07. The summed E-state index contributed by atoms with van der Waals surface area (Å²) in [7, 11) is -3.73. The Balaban J connectivity index is 1.55. The van der Waals surface area contributed by atoms with Crippen molar-refractivity contribution < 1.29 is 8.42 Å². The number of nitrogens with two attached hydrogens (primary N) is 1. The smallest absolute Gasteiger partial charge is 0.261 e. The molecule has 0 radical (unpaired) electrons. The summed E-state index contributed by atoms with van der Waals surface area (Å²) >= 11 is 0. The molecule has 0 aliphatic rings. The summed E-state index contributed by atoms with van der Waals surface area (Å²) in [5.74, 6) is 0. The van der Waals surface area contributed by atoms with Crippen LogP contribution < -0.4 is 10.5 Å². The van der Waals surface area contributed by atoms with Gasteiger partial charge in [-0.05, 0) is 66.6 Å². The predicted molar refractivity (Wildman–Crippen MR) is 131 cm³/mol. The van der Waals surface area contributed by atoms with Gasteiger partial charge in [-0.1, -0.05) is 18.2 Å². The van der Waals surface area contributed by atoms with Crippen LogP contribution >= 0.6 is 0 Å². The lowest BCUT2D eigenvalue weighted by Gasteiger charge is -2.11. The number of fused-ring (bicyclic) bond motifs is 1. The Morgan fingerprint density at radius 2 is 1.73 bits per heavy atom. The number of benzene rings is 2. The van der Waals surface area contributed by atoms with Gasteiger partial charge >= 0.3 is 0 Å². The van der Waals surface area contributed by atoms with Crippen molar-refractivity contribution >= 4 is 32.4 Å². The number of anilines is 2. The Kier molecular flexibility index (Phi) is 5.07. The van der Waals surface area contributed by atoms with E-state index >= 15 is 0 Å². The van der Waals surface area contributed by atoms with Gasteiger partial charge in [-0.15, -0.1) is 0 Å². The zero-order valence-corrected chi connectivity index (χ0v) is 18.6. The Bertz CT molecular complexity index is 1580. The molecule has 8 heteroatoms. The van der Waals surface area contributed by atoms with E-state index in [-0.39, 0.29) is 4.90 Å². The maximum Gasteiger partial charge on any atom is 0.261 e. The van der Waals surface area contributed by atoms with Crippen LogP contribution in [0, 0.1) is 6.92 Å². The summed E-state index contributed by atoms with van der Waals surface area (Å²) in [6.07, 6.45) is 5.45. The van der Waals surface area contributed by atoms with E-state index in [4.69, 9.17) is 5.73 Å². The average Bonchev–Trinajstić information content (AvgIpc) is 3.22. The molecule has 0 fully saturated rings. The first kappa shape index (κ1) is 20.7. The van der Waals surface area contributed by atoms with Gasteiger partial charge in [0.2, 0.25) is 0 Å². The van der Waals surface area contributed by atoms with Gasteiger partial charge in [0.25, 0.3) is 10.0 Å². The first-order chi connectivity index (χ1) is 15.9. The molecule has 0 bridgehead atoms. The van der Waals surface area contributed by atoms with Crippen LogP contribution in [-0.2, 0) is 10.0 Å². The summed E-state index contributed by atoms with van der Waals surface area (Å²) in [6, 6.07) is 19.4. The minimum absolute atomic E-state index is 0.182. The van der Waals surface area contributed by atoms with Gasteiger partial charge in [0, 0.05) is 46.5 Å². The van der Waals surface area contributed by atoms with E-state index in [1.54, 1.807) is 60.9 Å². The minimum atomic E-state index is -3.73. The van der Waals surface area contributed by atoms with Gasteiger partial charge in [0.15, 0.2) is 0 Å². The molecule has 0 saturated carbocycles. The average molecular weight is 456 g/mol. The molecule has 164 valence electrons. The number of hydrogen-bond donors (Lipinski definition) is 3. The first-order valence-corrected chi connectivity index (χ1v) is 11.8. The molecule has 0 aliphatic carbocycles. The molecular formula is C25H21N5O2S. The molecule has 0 atom stereocenters. The van der Waals surface area contributed by atoms with Crippen molar-refractivity contribution in [1.29, 1.82) is 0 Å². The monoisotopic (exact) mass is 455 g/mol. The molecule has 0 aliphatic heterocycles. The summed E-state index contributed by atoms with van der Waals surface area (Å²) in [6.45, 7) is 1.95. The van der Waals surface area contributed by atoms with Crippen LogP contribution in [0.25, 0.3) is 33.3 Å². The Morgan fingerprint density at radius 3 is 2.52 bits per heavy atom. The second-order valence-corrected chi connectivity index (χ2v) is 9.45. The third-order valence-electron chi connectivity index (χ3n) is 5.33. The number of pyridine rings is 2. The number of sulfonamides is 1. The summed E-state index contributed by atoms with van der Waals surface area (Å²) in [4.78, 5) is 12.2. The van der Waals surface area contributed by atoms with Gasteiger partial charge in [0.05, 0.1) is 10.6 Å². The van der Waals surface area contributed by atoms with Crippen molar-refractivity contribution in [2.24, 2.45) is 0 Å². The zero-order chi connectivity index (χ0) is 23.0. The molecule has 0 amide bonds. The molecule has 5 rings (SSSR count). The van der Waals surface area contributed by atoms with E-state index < -0.39 is 10.0 Å². The molecule has 2 aromatic carbocycles. The number of aryl methyl sites for hydroxylation is 1. The summed E-state index contributed by atoms with van der Waals surface area (Å²) in [5, 5.41) is 0.951. The van der Waals surface area contributed by atoms with Gasteiger partial charge in [-0.3, -0.25) is 9.71 Å². The number of H-pyrrole nitrogens is 1. The van der Waals surface area contributed by atoms with E-state index in [2.05, 4.69) is 19.7 Å². The van der Waals surface area contributed by atoms with E-state index in [1.165, 1.54) is 0 Å².